The highest BCUT2D eigenvalue weighted by Gasteiger charge is 2.19. The van der Waals surface area contributed by atoms with Crippen molar-refractivity contribution >= 4 is 32.7 Å². The first-order valence-electron chi connectivity index (χ1n) is 14.5. The van der Waals surface area contributed by atoms with Crippen molar-refractivity contribution in [2.24, 2.45) is 0 Å². The molecule has 2 heterocycles. The van der Waals surface area contributed by atoms with Crippen LogP contribution in [0.5, 0.6) is 0 Å². The van der Waals surface area contributed by atoms with Crippen molar-refractivity contribution in [1.82, 2.24) is 9.13 Å². The number of hydrogen-bond donors (Lipinski definition) is 0. The SMILES string of the molecule is Cc1c(C)n(-c2cc(-c3ccccc3)cc(-c3ccccc3)c2)c2cc3c4ccccc4n(-c4ccccc4)c3cc12. The minimum absolute atomic E-state index is 1.18. The van der Waals surface area contributed by atoms with Gasteiger partial charge in [0.25, 0.3) is 0 Å². The molecule has 0 spiro atoms. The third-order valence-electron chi connectivity index (χ3n) is 8.72. The molecule has 6 aromatic carbocycles. The maximum atomic E-state index is 2.46. The fourth-order valence-electron chi connectivity index (χ4n) is 6.56. The Kier molecular flexibility index (Phi) is 5.61. The lowest BCUT2D eigenvalue weighted by Gasteiger charge is -2.15. The first-order valence-corrected chi connectivity index (χ1v) is 14.5. The Hall–Kier alpha value is -5.34. The first-order chi connectivity index (χ1) is 20.7. The Labute approximate surface area is 245 Å². The van der Waals surface area contributed by atoms with Crippen LogP contribution in [0.4, 0.5) is 0 Å². The molecule has 2 heteroatoms. The second-order valence-electron chi connectivity index (χ2n) is 11.1. The van der Waals surface area contributed by atoms with Crippen LogP contribution in [-0.2, 0) is 0 Å². The standard InChI is InChI=1S/C40H30N2/c1-27-28(2)41(34-23-31(29-14-6-3-7-15-29)22-32(24-34)30-16-8-4-9-17-30)39-26-37-35-20-12-13-21-38(35)42(40(37)25-36(27)39)33-18-10-5-11-19-33/h3-26H,1-2H3. The molecule has 8 rings (SSSR count). The van der Waals surface area contributed by atoms with Crippen molar-refractivity contribution in [2.45, 2.75) is 13.8 Å². The van der Waals surface area contributed by atoms with Crippen LogP contribution in [0, 0.1) is 13.8 Å². The number of hydrogen-bond acceptors (Lipinski definition) is 0. The summed E-state index contributed by atoms with van der Waals surface area (Å²) in [6.45, 7) is 4.51. The van der Waals surface area contributed by atoms with Gasteiger partial charge in [-0.15, -0.1) is 0 Å². The molecule has 0 fully saturated rings. The molecule has 2 aromatic heterocycles. The Bertz CT molecular complexity index is 2180. The van der Waals surface area contributed by atoms with Crippen LogP contribution < -0.4 is 0 Å². The van der Waals surface area contributed by atoms with E-state index in [0.717, 1.165) is 0 Å². The number of fused-ring (bicyclic) bond motifs is 4. The fraction of sp³-hybridized carbons (Fsp3) is 0.0500. The topological polar surface area (TPSA) is 9.86 Å². The smallest absolute Gasteiger partial charge is 0.0548 e. The van der Waals surface area contributed by atoms with E-state index in [4.69, 9.17) is 0 Å². The van der Waals surface area contributed by atoms with Crippen molar-refractivity contribution in [2.75, 3.05) is 0 Å². The molecule has 8 aromatic rings. The molecule has 0 aliphatic carbocycles. The maximum Gasteiger partial charge on any atom is 0.0548 e. The third-order valence-corrected chi connectivity index (χ3v) is 8.72. The number of aryl methyl sites for hydroxylation is 1. The zero-order valence-electron chi connectivity index (χ0n) is 23.8. The van der Waals surface area contributed by atoms with Crippen molar-refractivity contribution in [3.63, 3.8) is 0 Å². The summed E-state index contributed by atoms with van der Waals surface area (Å²) in [7, 11) is 0. The van der Waals surface area contributed by atoms with E-state index in [0.29, 0.717) is 0 Å². The predicted octanol–water partition coefficient (Wildman–Crippen LogP) is 10.7. The molecule has 42 heavy (non-hydrogen) atoms. The van der Waals surface area contributed by atoms with Gasteiger partial charge in [-0.1, -0.05) is 97.1 Å². The van der Waals surface area contributed by atoms with Crippen LogP contribution in [0.2, 0.25) is 0 Å². The molecule has 0 N–H and O–H groups in total. The van der Waals surface area contributed by atoms with Gasteiger partial charge in [-0.05, 0) is 90.2 Å². The Morgan fingerprint density at radius 2 is 0.881 bits per heavy atom. The number of para-hydroxylation sites is 2. The summed E-state index contributed by atoms with van der Waals surface area (Å²) >= 11 is 0. The van der Waals surface area contributed by atoms with E-state index in [9.17, 15) is 0 Å². The quantitative estimate of drug-likeness (QED) is 0.211. The summed E-state index contributed by atoms with van der Waals surface area (Å²) in [6, 6.07) is 52.7. The second kappa shape index (κ2) is 9.64. The molecular weight excluding hydrogens is 508 g/mol. The van der Waals surface area contributed by atoms with Gasteiger partial charge in [0.05, 0.1) is 16.6 Å². The van der Waals surface area contributed by atoms with Crippen LogP contribution in [0.3, 0.4) is 0 Å². The van der Waals surface area contributed by atoms with Crippen LogP contribution >= 0.6 is 0 Å². The summed E-state index contributed by atoms with van der Waals surface area (Å²) in [5.41, 5.74) is 13.5. The molecule has 0 saturated heterocycles. The minimum Gasteiger partial charge on any atom is -0.314 e. The van der Waals surface area contributed by atoms with Gasteiger partial charge in [0.15, 0.2) is 0 Å². The van der Waals surface area contributed by atoms with Gasteiger partial charge < -0.3 is 9.13 Å². The number of benzene rings is 6. The zero-order chi connectivity index (χ0) is 28.2. The molecule has 0 bridgehead atoms. The third kappa shape index (κ3) is 3.80. The van der Waals surface area contributed by atoms with Gasteiger partial charge in [0.1, 0.15) is 0 Å². The van der Waals surface area contributed by atoms with Gasteiger partial charge in [-0.3, -0.25) is 0 Å². The largest absolute Gasteiger partial charge is 0.314 e. The van der Waals surface area contributed by atoms with Gasteiger partial charge >= 0.3 is 0 Å². The Balaban J connectivity index is 1.44. The van der Waals surface area contributed by atoms with E-state index < -0.39 is 0 Å². The molecule has 0 radical (unpaired) electrons. The lowest BCUT2D eigenvalue weighted by molar-refractivity contribution is 1.04. The molecule has 2 nitrogen and oxygen atoms in total. The lowest BCUT2D eigenvalue weighted by Crippen LogP contribution is -1.98. The monoisotopic (exact) mass is 538 g/mol. The molecule has 0 saturated carbocycles. The minimum atomic E-state index is 1.18. The molecular formula is C40H30N2. The average molecular weight is 539 g/mol. The highest BCUT2D eigenvalue weighted by molar-refractivity contribution is 6.14. The van der Waals surface area contributed by atoms with E-state index in [2.05, 4.69) is 169 Å². The predicted molar refractivity (Wildman–Crippen MR) is 178 cm³/mol. The summed E-state index contributed by atoms with van der Waals surface area (Å²) in [5, 5.41) is 3.82. The molecule has 0 amide bonds. The maximum absolute atomic E-state index is 2.46. The highest BCUT2D eigenvalue weighted by atomic mass is 15.0. The van der Waals surface area contributed by atoms with Crippen molar-refractivity contribution in [1.29, 1.82) is 0 Å². The van der Waals surface area contributed by atoms with Gasteiger partial charge in [0.2, 0.25) is 0 Å². The Morgan fingerprint density at radius 3 is 1.52 bits per heavy atom. The zero-order valence-corrected chi connectivity index (χ0v) is 23.8. The second-order valence-corrected chi connectivity index (χ2v) is 11.1. The highest BCUT2D eigenvalue weighted by Crippen LogP contribution is 2.39. The molecule has 200 valence electrons. The average Bonchev–Trinajstić information content (AvgIpc) is 3.51. The van der Waals surface area contributed by atoms with Crippen LogP contribution in [0.1, 0.15) is 11.3 Å². The number of nitrogens with zero attached hydrogens (tertiary/aromatic N) is 2. The van der Waals surface area contributed by atoms with Crippen molar-refractivity contribution in [3.05, 3.63) is 157 Å². The molecule has 0 aliphatic rings. The summed E-state index contributed by atoms with van der Waals surface area (Å²) < 4.78 is 4.86. The molecule has 0 unspecified atom stereocenters. The van der Waals surface area contributed by atoms with Crippen molar-refractivity contribution in [3.8, 4) is 33.6 Å². The van der Waals surface area contributed by atoms with Gasteiger partial charge in [-0.25, -0.2) is 0 Å². The summed E-state index contributed by atoms with van der Waals surface area (Å²) in [5.74, 6) is 0. The van der Waals surface area contributed by atoms with Crippen molar-refractivity contribution < 1.29 is 0 Å². The normalized spacial score (nSPS) is 11.6. The van der Waals surface area contributed by atoms with E-state index in [-0.39, 0.29) is 0 Å². The summed E-state index contributed by atoms with van der Waals surface area (Å²) in [4.78, 5) is 0. The number of aromatic nitrogens is 2. The van der Waals surface area contributed by atoms with Gasteiger partial charge in [-0.2, -0.15) is 0 Å². The fourth-order valence-corrected chi connectivity index (χ4v) is 6.56. The van der Waals surface area contributed by atoms with E-state index >= 15 is 0 Å². The van der Waals surface area contributed by atoms with E-state index in [1.165, 1.54) is 77.6 Å². The first kappa shape index (κ1) is 24.5. The lowest BCUT2D eigenvalue weighted by atomic mass is 9.98. The Morgan fingerprint density at radius 1 is 0.357 bits per heavy atom. The van der Waals surface area contributed by atoms with Crippen LogP contribution in [-0.4, -0.2) is 9.13 Å². The van der Waals surface area contributed by atoms with Gasteiger partial charge in [0, 0.05) is 33.2 Å². The molecule has 0 atom stereocenters. The van der Waals surface area contributed by atoms with Crippen LogP contribution in [0.25, 0.3) is 66.3 Å². The van der Waals surface area contributed by atoms with E-state index in [1.54, 1.807) is 0 Å². The number of rotatable bonds is 4. The molecule has 0 aliphatic heterocycles. The van der Waals surface area contributed by atoms with E-state index in [1.807, 2.05) is 0 Å². The summed E-state index contributed by atoms with van der Waals surface area (Å²) in [6.07, 6.45) is 0. The van der Waals surface area contributed by atoms with Crippen LogP contribution in [0.15, 0.2) is 146 Å².